The Morgan fingerprint density at radius 2 is 1.52 bits per heavy atom. The summed E-state index contributed by atoms with van der Waals surface area (Å²) < 4.78 is 5.78. The molecule has 0 unspecified atom stereocenters. The van der Waals surface area contributed by atoms with Crippen molar-refractivity contribution in [3.63, 3.8) is 0 Å². The van der Waals surface area contributed by atoms with E-state index in [0.717, 1.165) is 47.1 Å². The van der Waals surface area contributed by atoms with E-state index in [-0.39, 0.29) is 43.3 Å². The van der Waals surface area contributed by atoms with Crippen LogP contribution in [0.4, 0.5) is 4.79 Å². The lowest BCUT2D eigenvalue weighted by molar-refractivity contribution is -0.141. The summed E-state index contributed by atoms with van der Waals surface area (Å²) in [7, 11) is 0. The van der Waals surface area contributed by atoms with Crippen molar-refractivity contribution in [2.75, 3.05) is 13.2 Å². The average molecular weight is 595 g/mol. The molecule has 2 aliphatic carbocycles. The Balaban J connectivity index is 1.14. The quantitative estimate of drug-likeness (QED) is 0.369. The molecule has 1 aliphatic heterocycles. The van der Waals surface area contributed by atoms with Crippen LogP contribution in [0.1, 0.15) is 74.2 Å². The van der Waals surface area contributed by atoms with Crippen LogP contribution in [0.5, 0.6) is 0 Å². The van der Waals surface area contributed by atoms with Crippen molar-refractivity contribution < 1.29 is 19.1 Å². The Morgan fingerprint density at radius 1 is 0.909 bits per heavy atom. The molecule has 3 aliphatic rings. The van der Waals surface area contributed by atoms with Gasteiger partial charge in [-0.25, -0.2) is 4.79 Å². The third-order valence-corrected chi connectivity index (χ3v) is 9.44. The van der Waals surface area contributed by atoms with Gasteiger partial charge in [0, 0.05) is 12.5 Å². The van der Waals surface area contributed by atoms with E-state index in [1.54, 1.807) is 4.90 Å². The van der Waals surface area contributed by atoms with Crippen LogP contribution in [0.25, 0.3) is 11.1 Å². The van der Waals surface area contributed by atoms with Gasteiger partial charge in [-0.1, -0.05) is 93.6 Å². The number of nitrogens with zero attached hydrogens (tertiary/aromatic N) is 1. The molecule has 0 saturated carbocycles. The molecule has 6 rings (SSSR count). The molecule has 44 heavy (non-hydrogen) atoms. The van der Waals surface area contributed by atoms with Gasteiger partial charge in [0.05, 0.1) is 18.1 Å². The van der Waals surface area contributed by atoms with E-state index in [2.05, 4.69) is 47.0 Å². The number of nitrogens with two attached hydrogens (primary N) is 1. The smallest absolute Gasteiger partial charge is 0.407 e. The summed E-state index contributed by atoms with van der Waals surface area (Å²) in [6.45, 7) is 6.10. The van der Waals surface area contributed by atoms with E-state index in [1.165, 1.54) is 5.56 Å². The lowest BCUT2D eigenvalue weighted by atomic mass is 9.86. The molecule has 230 valence electrons. The first-order valence-electron chi connectivity index (χ1n) is 15.7. The maximum Gasteiger partial charge on any atom is 0.407 e. The number of likely N-dealkylation sites (tertiary alicyclic amines) is 1. The van der Waals surface area contributed by atoms with Gasteiger partial charge in [-0.05, 0) is 64.5 Å². The third-order valence-electron chi connectivity index (χ3n) is 9.44. The summed E-state index contributed by atoms with van der Waals surface area (Å²) in [5.74, 6) is -0.576. The van der Waals surface area contributed by atoms with Crippen molar-refractivity contribution >= 4 is 17.9 Å². The van der Waals surface area contributed by atoms with E-state index in [0.29, 0.717) is 0 Å². The fourth-order valence-electron chi connectivity index (χ4n) is 6.96. The van der Waals surface area contributed by atoms with Crippen LogP contribution in [-0.4, -0.2) is 54.1 Å². The molecule has 1 fully saturated rings. The highest BCUT2D eigenvalue weighted by Crippen LogP contribution is 2.44. The zero-order valence-corrected chi connectivity index (χ0v) is 25.7. The summed E-state index contributed by atoms with van der Waals surface area (Å²) in [5.41, 5.74) is 12.9. The molecule has 3 aromatic rings. The fourth-order valence-corrected chi connectivity index (χ4v) is 6.96. The number of hydrogen-bond donors (Lipinski definition) is 3. The minimum absolute atomic E-state index is 0.0588. The molecule has 0 bridgehead atoms. The summed E-state index contributed by atoms with van der Waals surface area (Å²) in [4.78, 5) is 42.1. The summed E-state index contributed by atoms with van der Waals surface area (Å²) >= 11 is 0. The van der Waals surface area contributed by atoms with Crippen molar-refractivity contribution in [3.05, 3.63) is 95.1 Å². The van der Waals surface area contributed by atoms with Gasteiger partial charge in [-0.3, -0.25) is 9.59 Å². The monoisotopic (exact) mass is 594 g/mol. The minimum atomic E-state index is -0.790. The van der Waals surface area contributed by atoms with Crippen LogP contribution >= 0.6 is 0 Å². The maximum atomic E-state index is 13.8. The molecule has 8 heteroatoms. The van der Waals surface area contributed by atoms with Gasteiger partial charge in [-0.2, -0.15) is 0 Å². The Labute approximate surface area is 259 Å². The van der Waals surface area contributed by atoms with E-state index in [9.17, 15) is 14.4 Å². The number of fused-ring (bicyclic) bond motifs is 4. The van der Waals surface area contributed by atoms with Crippen LogP contribution in [0.3, 0.4) is 0 Å². The first kappa shape index (κ1) is 29.9. The van der Waals surface area contributed by atoms with Gasteiger partial charge in [-0.15, -0.1) is 0 Å². The number of carbonyl (C=O) groups excluding carboxylic acids is 3. The molecule has 4 atom stereocenters. The van der Waals surface area contributed by atoms with E-state index >= 15 is 0 Å². The largest absolute Gasteiger partial charge is 0.449 e. The lowest BCUT2D eigenvalue weighted by Crippen LogP contribution is -2.55. The van der Waals surface area contributed by atoms with Gasteiger partial charge < -0.3 is 26.0 Å². The molecule has 4 N–H and O–H groups in total. The van der Waals surface area contributed by atoms with Crippen molar-refractivity contribution in [1.82, 2.24) is 15.5 Å². The predicted molar refractivity (Wildman–Crippen MR) is 170 cm³/mol. The zero-order valence-electron chi connectivity index (χ0n) is 25.7. The number of alkyl carbamates (subject to hydrolysis) is 1. The van der Waals surface area contributed by atoms with Crippen LogP contribution in [0, 0.1) is 5.41 Å². The Bertz CT molecular complexity index is 1520. The number of amides is 3. The maximum absolute atomic E-state index is 13.8. The van der Waals surface area contributed by atoms with Crippen molar-refractivity contribution in [2.24, 2.45) is 11.1 Å². The predicted octanol–water partition coefficient (Wildman–Crippen LogP) is 5.06. The van der Waals surface area contributed by atoms with Crippen LogP contribution in [-0.2, 0) is 20.7 Å². The first-order chi connectivity index (χ1) is 21.1. The van der Waals surface area contributed by atoms with Gasteiger partial charge in [0.25, 0.3) is 0 Å². The third kappa shape index (κ3) is 5.83. The summed E-state index contributed by atoms with van der Waals surface area (Å²) in [5, 5.41) is 6.16. The van der Waals surface area contributed by atoms with Crippen molar-refractivity contribution in [3.8, 4) is 11.1 Å². The Morgan fingerprint density at radius 3 is 2.18 bits per heavy atom. The molecule has 0 aromatic heterocycles. The molecular formula is C36H42N4O4. The van der Waals surface area contributed by atoms with Gasteiger partial charge >= 0.3 is 6.09 Å². The second kappa shape index (κ2) is 12.1. The van der Waals surface area contributed by atoms with Gasteiger partial charge in [0.1, 0.15) is 12.6 Å². The van der Waals surface area contributed by atoms with Crippen LogP contribution < -0.4 is 16.4 Å². The number of ether oxygens (including phenoxy) is 1. The zero-order chi connectivity index (χ0) is 31.0. The highest BCUT2D eigenvalue weighted by Gasteiger charge is 2.44. The normalized spacial score (nSPS) is 21.5. The number of carbonyl (C=O) groups is 3. The molecule has 0 radical (unpaired) electrons. The highest BCUT2D eigenvalue weighted by molar-refractivity contribution is 5.91. The van der Waals surface area contributed by atoms with Crippen molar-refractivity contribution in [2.45, 2.75) is 76.5 Å². The topological polar surface area (TPSA) is 114 Å². The Kier molecular flexibility index (Phi) is 8.20. The first-order valence-corrected chi connectivity index (χ1v) is 15.7. The molecule has 3 amide bonds. The highest BCUT2D eigenvalue weighted by atomic mass is 16.5. The van der Waals surface area contributed by atoms with Gasteiger partial charge in [0.15, 0.2) is 0 Å². The SMILES string of the molecule is CC(C)(C)[C@H](N)C(=O)N1C[C@@H](NC(=O)OCC2c3ccccc3-c3ccccc32)C[C@H]1C(=O)N[C@@H]1CCCc2ccccc21. The molecule has 3 aromatic carbocycles. The second-order valence-electron chi connectivity index (χ2n) is 13.4. The molecular weight excluding hydrogens is 552 g/mol. The Hall–Kier alpha value is -4.17. The average Bonchev–Trinajstić information content (AvgIpc) is 3.58. The van der Waals surface area contributed by atoms with Gasteiger partial charge in [0.2, 0.25) is 11.8 Å². The van der Waals surface area contributed by atoms with Crippen LogP contribution in [0.2, 0.25) is 0 Å². The minimum Gasteiger partial charge on any atom is -0.449 e. The van der Waals surface area contributed by atoms with E-state index in [4.69, 9.17) is 10.5 Å². The second-order valence-corrected chi connectivity index (χ2v) is 13.4. The number of rotatable bonds is 6. The number of aryl methyl sites for hydroxylation is 1. The molecule has 8 nitrogen and oxygen atoms in total. The standard InChI is InChI=1S/C36H42N4O4/c1-36(2,3)32(37)34(42)40-20-23(19-31(40)33(41)39-30-18-10-12-22-11-4-5-13-24(22)30)38-35(43)44-21-29-27-16-8-6-14-25(27)26-15-7-9-17-28(26)29/h4-9,11,13-17,23,29-32H,10,12,18-21,37H2,1-3H3,(H,38,43)(H,39,41)/t23-,30+,31-,32+/m0/s1. The summed E-state index contributed by atoms with van der Waals surface area (Å²) in [6.07, 6.45) is 2.53. The lowest BCUT2D eigenvalue weighted by Gasteiger charge is -2.33. The van der Waals surface area contributed by atoms with E-state index in [1.807, 2.05) is 57.2 Å². The number of nitrogens with one attached hydrogen (secondary N) is 2. The molecule has 1 saturated heterocycles. The fraction of sp³-hybridized carbons (Fsp3) is 0.417. The molecule has 0 spiro atoms. The van der Waals surface area contributed by atoms with Crippen molar-refractivity contribution in [1.29, 1.82) is 0 Å². The number of hydrogen-bond acceptors (Lipinski definition) is 5. The summed E-state index contributed by atoms with van der Waals surface area (Å²) in [6, 6.07) is 22.5. The number of benzene rings is 3. The molecule has 1 heterocycles. The van der Waals surface area contributed by atoms with E-state index < -0.39 is 29.6 Å². The van der Waals surface area contributed by atoms with Crippen LogP contribution in [0.15, 0.2) is 72.8 Å².